The number of aromatic carboxylic acids is 1. The molecule has 0 fully saturated rings. The Hall–Kier alpha value is -2.16. The Bertz CT molecular complexity index is 576. The van der Waals surface area contributed by atoms with Gasteiger partial charge in [0.05, 0.1) is 5.56 Å². The molecule has 0 aliphatic heterocycles. The van der Waals surface area contributed by atoms with Crippen LogP contribution in [0.3, 0.4) is 0 Å². The molecule has 0 amide bonds. The van der Waals surface area contributed by atoms with Gasteiger partial charge in [-0.15, -0.1) is 0 Å². The minimum atomic E-state index is -1.25. The maximum atomic E-state index is 13.5. The van der Waals surface area contributed by atoms with Crippen molar-refractivity contribution >= 4 is 5.97 Å². The molecule has 0 aliphatic carbocycles. The van der Waals surface area contributed by atoms with Crippen molar-refractivity contribution in [3.05, 3.63) is 59.4 Å². The SMILES string of the molecule is Cc1cccc(-c2ccc(C(=O)O)c(F)c2)c1. The van der Waals surface area contributed by atoms with E-state index in [0.717, 1.165) is 11.1 Å². The van der Waals surface area contributed by atoms with Gasteiger partial charge in [0.1, 0.15) is 5.82 Å². The molecule has 0 spiro atoms. The molecule has 0 aliphatic rings. The van der Waals surface area contributed by atoms with Crippen LogP contribution in [-0.4, -0.2) is 11.1 Å². The zero-order chi connectivity index (χ0) is 12.4. The Kier molecular flexibility index (Phi) is 2.91. The van der Waals surface area contributed by atoms with E-state index in [4.69, 9.17) is 5.11 Å². The van der Waals surface area contributed by atoms with Crippen LogP contribution in [0.5, 0.6) is 0 Å². The number of rotatable bonds is 2. The van der Waals surface area contributed by atoms with Crippen molar-refractivity contribution in [2.24, 2.45) is 0 Å². The van der Waals surface area contributed by atoms with Gasteiger partial charge >= 0.3 is 5.97 Å². The molecule has 0 heterocycles. The summed E-state index contributed by atoms with van der Waals surface area (Å²) in [5.41, 5.74) is 2.32. The van der Waals surface area contributed by atoms with Crippen molar-refractivity contribution in [1.29, 1.82) is 0 Å². The molecule has 0 aromatic heterocycles. The summed E-state index contributed by atoms with van der Waals surface area (Å²) in [5, 5.41) is 8.73. The summed E-state index contributed by atoms with van der Waals surface area (Å²) >= 11 is 0. The van der Waals surface area contributed by atoms with E-state index >= 15 is 0 Å². The van der Waals surface area contributed by atoms with Crippen LogP contribution in [0, 0.1) is 12.7 Å². The summed E-state index contributed by atoms with van der Waals surface area (Å²) < 4.78 is 13.5. The third-order valence-electron chi connectivity index (χ3n) is 2.55. The number of benzene rings is 2. The number of aryl methyl sites for hydroxylation is 1. The van der Waals surface area contributed by atoms with Gasteiger partial charge in [0.2, 0.25) is 0 Å². The van der Waals surface area contributed by atoms with Crippen LogP contribution >= 0.6 is 0 Å². The van der Waals surface area contributed by atoms with Crippen molar-refractivity contribution < 1.29 is 14.3 Å². The predicted octanol–water partition coefficient (Wildman–Crippen LogP) is 3.50. The van der Waals surface area contributed by atoms with Crippen LogP contribution in [-0.2, 0) is 0 Å². The summed E-state index contributed by atoms with van der Waals surface area (Å²) in [5.74, 6) is -1.96. The number of carboxylic acids is 1. The summed E-state index contributed by atoms with van der Waals surface area (Å²) in [4.78, 5) is 10.7. The normalized spacial score (nSPS) is 10.2. The van der Waals surface area contributed by atoms with E-state index in [1.165, 1.54) is 12.1 Å². The van der Waals surface area contributed by atoms with Gasteiger partial charge in [-0.2, -0.15) is 0 Å². The van der Waals surface area contributed by atoms with Gasteiger partial charge in [0.25, 0.3) is 0 Å². The molecule has 0 radical (unpaired) electrons. The summed E-state index contributed by atoms with van der Waals surface area (Å²) in [7, 11) is 0. The topological polar surface area (TPSA) is 37.3 Å². The maximum Gasteiger partial charge on any atom is 0.338 e. The smallest absolute Gasteiger partial charge is 0.338 e. The Morgan fingerprint density at radius 2 is 1.82 bits per heavy atom. The third-order valence-corrected chi connectivity index (χ3v) is 2.55. The molecule has 17 heavy (non-hydrogen) atoms. The highest BCUT2D eigenvalue weighted by atomic mass is 19.1. The summed E-state index contributed by atoms with van der Waals surface area (Å²) in [6.45, 7) is 1.95. The van der Waals surface area contributed by atoms with E-state index in [1.54, 1.807) is 6.07 Å². The molecule has 2 nitrogen and oxygen atoms in total. The molecule has 3 heteroatoms. The van der Waals surface area contributed by atoms with Crippen molar-refractivity contribution in [1.82, 2.24) is 0 Å². The fraction of sp³-hybridized carbons (Fsp3) is 0.0714. The lowest BCUT2D eigenvalue weighted by Crippen LogP contribution is -2.00. The largest absolute Gasteiger partial charge is 0.478 e. The number of hydrogen-bond donors (Lipinski definition) is 1. The lowest BCUT2D eigenvalue weighted by molar-refractivity contribution is 0.0692. The van der Waals surface area contributed by atoms with Crippen molar-refractivity contribution in [3.63, 3.8) is 0 Å². The second-order valence-electron chi connectivity index (χ2n) is 3.87. The first-order valence-electron chi connectivity index (χ1n) is 5.18. The van der Waals surface area contributed by atoms with E-state index in [9.17, 15) is 9.18 Å². The van der Waals surface area contributed by atoms with E-state index in [-0.39, 0.29) is 5.56 Å². The molecule has 0 atom stereocenters. The first-order valence-corrected chi connectivity index (χ1v) is 5.18. The second-order valence-corrected chi connectivity index (χ2v) is 3.87. The van der Waals surface area contributed by atoms with Gasteiger partial charge in [0.15, 0.2) is 0 Å². The number of halogens is 1. The zero-order valence-electron chi connectivity index (χ0n) is 9.27. The standard InChI is InChI=1S/C14H11FO2/c1-9-3-2-4-10(7-9)11-5-6-12(14(16)17)13(15)8-11/h2-8H,1H3,(H,16,17). The van der Waals surface area contributed by atoms with Gasteiger partial charge < -0.3 is 5.11 Å². The molecule has 0 saturated heterocycles. The van der Waals surface area contributed by atoms with E-state index in [0.29, 0.717) is 5.56 Å². The summed E-state index contributed by atoms with van der Waals surface area (Å²) in [6, 6.07) is 11.8. The maximum absolute atomic E-state index is 13.5. The van der Waals surface area contributed by atoms with Crippen molar-refractivity contribution in [2.75, 3.05) is 0 Å². The van der Waals surface area contributed by atoms with Crippen LogP contribution < -0.4 is 0 Å². The molecule has 0 bridgehead atoms. The van der Waals surface area contributed by atoms with Crippen LogP contribution in [0.2, 0.25) is 0 Å². The minimum Gasteiger partial charge on any atom is -0.478 e. The van der Waals surface area contributed by atoms with Gasteiger partial charge in [-0.25, -0.2) is 9.18 Å². The number of carboxylic acid groups (broad SMARTS) is 1. The van der Waals surface area contributed by atoms with Gasteiger partial charge in [0, 0.05) is 0 Å². The van der Waals surface area contributed by atoms with E-state index < -0.39 is 11.8 Å². The highest BCUT2D eigenvalue weighted by molar-refractivity contribution is 5.88. The Balaban J connectivity index is 2.48. The van der Waals surface area contributed by atoms with Gasteiger partial charge in [-0.3, -0.25) is 0 Å². The molecular weight excluding hydrogens is 219 g/mol. The third kappa shape index (κ3) is 2.33. The molecule has 86 valence electrons. The lowest BCUT2D eigenvalue weighted by atomic mass is 10.0. The average Bonchev–Trinajstić information content (AvgIpc) is 2.28. The monoisotopic (exact) mass is 230 g/mol. The quantitative estimate of drug-likeness (QED) is 0.857. The number of carbonyl (C=O) groups is 1. The molecule has 2 aromatic rings. The second kappa shape index (κ2) is 4.37. The lowest BCUT2D eigenvalue weighted by Gasteiger charge is -2.04. The van der Waals surface area contributed by atoms with E-state index in [2.05, 4.69) is 0 Å². The number of hydrogen-bond acceptors (Lipinski definition) is 1. The van der Waals surface area contributed by atoms with Crippen LogP contribution in [0.25, 0.3) is 11.1 Å². The zero-order valence-corrected chi connectivity index (χ0v) is 9.27. The Morgan fingerprint density at radius 1 is 1.12 bits per heavy atom. The molecule has 2 rings (SSSR count). The van der Waals surface area contributed by atoms with Crippen LogP contribution in [0.4, 0.5) is 4.39 Å². The van der Waals surface area contributed by atoms with Gasteiger partial charge in [-0.1, -0.05) is 35.9 Å². The Morgan fingerprint density at radius 3 is 2.41 bits per heavy atom. The first-order chi connectivity index (χ1) is 8.08. The van der Waals surface area contributed by atoms with Crippen LogP contribution in [0.15, 0.2) is 42.5 Å². The fourth-order valence-electron chi connectivity index (χ4n) is 1.69. The predicted molar refractivity (Wildman–Crippen MR) is 63.5 cm³/mol. The van der Waals surface area contributed by atoms with Crippen molar-refractivity contribution in [3.8, 4) is 11.1 Å². The molecule has 0 unspecified atom stereocenters. The molecular formula is C14H11FO2. The van der Waals surface area contributed by atoms with E-state index in [1.807, 2.05) is 31.2 Å². The highest BCUT2D eigenvalue weighted by Gasteiger charge is 2.10. The first kappa shape index (κ1) is 11.3. The van der Waals surface area contributed by atoms with Crippen molar-refractivity contribution in [2.45, 2.75) is 6.92 Å². The molecule has 2 aromatic carbocycles. The minimum absolute atomic E-state index is 0.304. The van der Waals surface area contributed by atoms with Crippen LogP contribution in [0.1, 0.15) is 15.9 Å². The Labute approximate surface area is 98.3 Å². The molecule has 0 saturated carbocycles. The van der Waals surface area contributed by atoms with Gasteiger partial charge in [-0.05, 0) is 30.2 Å². The fourth-order valence-corrected chi connectivity index (χ4v) is 1.69. The highest BCUT2D eigenvalue weighted by Crippen LogP contribution is 2.22. The summed E-state index contributed by atoms with van der Waals surface area (Å²) in [6.07, 6.45) is 0. The average molecular weight is 230 g/mol. The molecule has 1 N–H and O–H groups in total.